The van der Waals surface area contributed by atoms with Gasteiger partial charge in [-0.15, -0.1) is 0 Å². The van der Waals surface area contributed by atoms with E-state index in [0.29, 0.717) is 6.61 Å². The van der Waals surface area contributed by atoms with Crippen LogP contribution in [-0.2, 0) is 19.1 Å². The average Bonchev–Trinajstić information content (AvgIpc) is 2.16. The van der Waals surface area contributed by atoms with Crippen LogP contribution in [0.2, 0.25) is 0 Å². The minimum absolute atomic E-state index is 0.216. The zero-order chi connectivity index (χ0) is 12.8. The number of unbranched alkanes of at least 4 members (excludes halogenated alkanes) is 1. The van der Waals surface area contributed by atoms with Gasteiger partial charge in [0.2, 0.25) is 0 Å². The SMILES string of the molecule is CC(=O)OC/C=C\CCCC(C)C.O=C=O. The van der Waals surface area contributed by atoms with E-state index in [1.807, 2.05) is 6.08 Å². The van der Waals surface area contributed by atoms with Crippen molar-refractivity contribution in [1.82, 2.24) is 0 Å². The van der Waals surface area contributed by atoms with Crippen molar-refractivity contribution in [1.29, 1.82) is 0 Å². The summed E-state index contributed by atoms with van der Waals surface area (Å²) in [6, 6.07) is 0. The Morgan fingerprint density at radius 2 is 1.88 bits per heavy atom. The number of allylic oxidation sites excluding steroid dienone is 1. The Morgan fingerprint density at radius 1 is 1.31 bits per heavy atom. The van der Waals surface area contributed by atoms with Gasteiger partial charge < -0.3 is 4.74 Å². The number of carbonyl (C=O) groups is 1. The first-order valence-electron chi connectivity index (χ1n) is 5.32. The van der Waals surface area contributed by atoms with Crippen LogP contribution >= 0.6 is 0 Å². The highest BCUT2D eigenvalue weighted by molar-refractivity contribution is 5.65. The van der Waals surface area contributed by atoms with Crippen LogP contribution in [0.4, 0.5) is 0 Å². The van der Waals surface area contributed by atoms with Gasteiger partial charge in [-0.3, -0.25) is 4.79 Å². The van der Waals surface area contributed by atoms with Crippen LogP contribution in [0, 0.1) is 5.92 Å². The van der Waals surface area contributed by atoms with E-state index < -0.39 is 0 Å². The summed E-state index contributed by atoms with van der Waals surface area (Å²) in [7, 11) is 0. The molecule has 0 atom stereocenters. The van der Waals surface area contributed by atoms with E-state index >= 15 is 0 Å². The quantitative estimate of drug-likeness (QED) is 0.398. The molecule has 0 aliphatic rings. The van der Waals surface area contributed by atoms with Gasteiger partial charge in [0, 0.05) is 6.92 Å². The van der Waals surface area contributed by atoms with Gasteiger partial charge in [-0.25, -0.2) is 0 Å². The number of ether oxygens (including phenoxy) is 1. The Kier molecular flexibility index (Phi) is 14.4. The van der Waals surface area contributed by atoms with Gasteiger partial charge in [-0.2, -0.15) is 9.59 Å². The Morgan fingerprint density at radius 3 is 2.31 bits per heavy atom. The molecule has 0 amide bonds. The van der Waals surface area contributed by atoms with Crippen molar-refractivity contribution in [2.24, 2.45) is 5.92 Å². The van der Waals surface area contributed by atoms with E-state index in [4.69, 9.17) is 14.3 Å². The first kappa shape index (κ1) is 17.0. The van der Waals surface area contributed by atoms with Crippen molar-refractivity contribution in [3.63, 3.8) is 0 Å². The molecule has 0 aromatic heterocycles. The van der Waals surface area contributed by atoms with Crippen molar-refractivity contribution in [3.8, 4) is 0 Å². The van der Waals surface area contributed by atoms with E-state index in [9.17, 15) is 4.79 Å². The molecule has 4 nitrogen and oxygen atoms in total. The lowest BCUT2D eigenvalue weighted by atomic mass is 10.1. The van der Waals surface area contributed by atoms with Gasteiger partial charge in [0.25, 0.3) is 0 Å². The third-order valence-corrected chi connectivity index (χ3v) is 1.70. The van der Waals surface area contributed by atoms with Crippen LogP contribution in [-0.4, -0.2) is 18.7 Å². The summed E-state index contributed by atoms with van der Waals surface area (Å²) in [4.78, 5) is 26.6. The lowest BCUT2D eigenvalue weighted by Crippen LogP contribution is -1.97. The molecule has 16 heavy (non-hydrogen) atoms. The van der Waals surface area contributed by atoms with Crippen molar-refractivity contribution >= 4 is 12.1 Å². The van der Waals surface area contributed by atoms with Crippen LogP contribution < -0.4 is 0 Å². The summed E-state index contributed by atoms with van der Waals surface area (Å²) in [6.45, 7) is 6.29. The van der Waals surface area contributed by atoms with Crippen molar-refractivity contribution < 1.29 is 19.1 Å². The first-order chi connectivity index (χ1) is 7.54. The fourth-order valence-corrected chi connectivity index (χ4v) is 0.995. The van der Waals surface area contributed by atoms with Gasteiger partial charge in [-0.05, 0) is 18.8 Å². The maximum Gasteiger partial charge on any atom is 0.373 e. The number of carbonyl (C=O) groups excluding carboxylic acids is 3. The molecule has 0 rings (SSSR count). The number of rotatable bonds is 6. The minimum Gasteiger partial charge on any atom is -0.462 e. The van der Waals surface area contributed by atoms with E-state index in [-0.39, 0.29) is 12.1 Å². The van der Waals surface area contributed by atoms with E-state index in [1.165, 1.54) is 19.8 Å². The van der Waals surface area contributed by atoms with Crippen LogP contribution in [0.25, 0.3) is 0 Å². The van der Waals surface area contributed by atoms with Gasteiger partial charge in [0.1, 0.15) is 6.61 Å². The summed E-state index contributed by atoms with van der Waals surface area (Å²) in [5.74, 6) is 0.564. The zero-order valence-electron chi connectivity index (χ0n) is 10.2. The van der Waals surface area contributed by atoms with Gasteiger partial charge >= 0.3 is 12.1 Å². The maximum absolute atomic E-state index is 10.4. The highest BCUT2D eigenvalue weighted by Crippen LogP contribution is 2.06. The number of hydrogen-bond acceptors (Lipinski definition) is 4. The topological polar surface area (TPSA) is 60.4 Å². The van der Waals surface area contributed by atoms with Crippen LogP contribution in [0.15, 0.2) is 12.2 Å². The Balaban J connectivity index is 0. The second kappa shape index (κ2) is 13.6. The summed E-state index contributed by atoms with van der Waals surface area (Å²) < 4.78 is 4.74. The third-order valence-electron chi connectivity index (χ3n) is 1.70. The van der Waals surface area contributed by atoms with Gasteiger partial charge in [0.05, 0.1) is 0 Å². The molecule has 0 bridgehead atoms. The number of hydrogen-bond donors (Lipinski definition) is 0. The summed E-state index contributed by atoms with van der Waals surface area (Å²) in [6.07, 6.45) is 7.79. The standard InChI is InChI=1S/C11H20O2.CO2/c1-10(2)8-6-4-5-7-9-13-11(3)12;2-1-3/h5,7,10H,4,6,8-9H2,1-3H3;/b7-5-;. The molecular weight excluding hydrogens is 208 g/mol. The highest BCUT2D eigenvalue weighted by Gasteiger charge is 1.91. The lowest BCUT2D eigenvalue weighted by molar-refractivity contribution is -0.191. The summed E-state index contributed by atoms with van der Waals surface area (Å²) in [5, 5.41) is 0. The first-order valence-corrected chi connectivity index (χ1v) is 5.32. The molecule has 0 fully saturated rings. The summed E-state index contributed by atoms with van der Waals surface area (Å²) in [5.41, 5.74) is 0. The van der Waals surface area contributed by atoms with Crippen molar-refractivity contribution in [2.45, 2.75) is 40.0 Å². The fourth-order valence-electron chi connectivity index (χ4n) is 0.995. The molecule has 0 aliphatic carbocycles. The molecule has 0 saturated heterocycles. The Labute approximate surface area is 96.7 Å². The predicted molar refractivity (Wildman–Crippen MR) is 59.5 cm³/mol. The fraction of sp³-hybridized carbons (Fsp3) is 0.667. The largest absolute Gasteiger partial charge is 0.462 e. The monoisotopic (exact) mass is 228 g/mol. The molecule has 0 radical (unpaired) electrons. The van der Waals surface area contributed by atoms with Crippen molar-refractivity contribution in [3.05, 3.63) is 12.2 Å². The van der Waals surface area contributed by atoms with Crippen LogP contribution in [0.5, 0.6) is 0 Å². The summed E-state index contributed by atoms with van der Waals surface area (Å²) >= 11 is 0. The second-order valence-corrected chi connectivity index (χ2v) is 3.68. The molecule has 0 aromatic carbocycles. The molecule has 0 unspecified atom stereocenters. The maximum atomic E-state index is 10.4. The van der Waals surface area contributed by atoms with E-state index in [2.05, 4.69) is 19.9 Å². The van der Waals surface area contributed by atoms with Gasteiger partial charge in [-0.1, -0.05) is 32.4 Å². The Bertz CT molecular complexity index is 225. The molecule has 4 heteroatoms. The normalized spacial score (nSPS) is 9.50. The van der Waals surface area contributed by atoms with Crippen LogP contribution in [0.3, 0.4) is 0 Å². The van der Waals surface area contributed by atoms with Crippen molar-refractivity contribution in [2.75, 3.05) is 6.61 Å². The molecule has 0 aliphatic heterocycles. The lowest BCUT2D eigenvalue weighted by Gasteiger charge is -2.00. The highest BCUT2D eigenvalue weighted by atomic mass is 16.5. The molecule has 92 valence electrons. The Hall–Kier alpha value is -1.41. The second-order valence-electron chi connectivity index (χ2n) is 3.68. The van der Waals surface area contributed by atoms with Gasteiger partial charge in [0.15, 0.2) is 0 Å². The zero-order valence-corrected chi connectivity index (χ0v) is 10.2. The number of esters is 1. The average molecular weight is 228 g/mol. The predicted octanol–water partition coefficient (Wildman–Crippen LogP) is 2.35. The minimum atomic E-state index is -0.216. The molecule has 0 N–H and O–H groups in total. The van der Waals surface area contributed by atoms with Crippen LogP contribution in [0.1, 0.15) is 40.0 Å². The van der Waals surface area contributed by atoms with E-state index in [1.54, 1.807) is 0 Å². The molecule has 0 spiro atoms. The molecular formula is C12H20O4. The van der Waals surface area contributed by atoms with E-state index in [0.717, 1.165) is 12.3 Å². The molecule has 0 saturated carbocycles. The third kappa shape index (κ3) is 22.9. The molecule has 0 aromatic rings. The smallest absolute Gasteiger partial charge is 0.373 e. The molecule has 0 heterocycles.